The molecule has 0 spiro atoms. The molecule has 0 fully saturated rings. The van der Waals surface area contributed by atoms with Crippen LogP contribution in [0.5, 0.6) is 0 Å². The first-order valence-electron chi connectivity index (χ1n) is 10.6. The van der Waals surface area contributed by atoms with Gasteiger partial charge in [0.1, 0.15) is 20.2 Å². The Kier molecular flexibility index (Phi) is 11.5. The molecule has 0 atom stereocenters. The Bertz CT molecular complexity index is 1640. The first kappa shape index (κ1) is 32.4. The SMILES string of the molecule is O=C1C=CC(=C(c2cccc(NCc3cccc(S(=O)(=O)[O-])c3)c2)c2ccccc2S(=O)(=O)[O-])C=C1.[Na+].[Na+]. The van der Waals surface area contributed by atoms with Crippen molar-refractivity contribution in [3.05, 3.63) is 119 Å². The fourth-order valence-electron chi connectivity index (χ4n) is 3.79. The van der Waals surface area contributed by atoms with E-state index in [4.69, 9.17) is 0 Å². The van der Waals surface area contributed by atoms with Crippen molar-refractivity contribution in [3.8, 4) is 0 Å². The molecule has 8 nitrogen and oxygen atoms in total. The van der Waals surface area contributed by atoms with Gasteiger partial charge in [0.15, 0.2) is 5.78 Å². The van der Waals surface area contributed by atoms with Gasteiger partial charge in [-0.25, -0.2) is 16.8 Å². The summed E-state index contributed by atoms with van der Waals surface area (Å²) in [6.07, 6.45) is 5.81. The van der Waals surface area contributed by atoms with E-state index < -0.39 is 20.2 Å². The van der Waals surface area contributed by atoms with Gasteiger partial charge in [-0.1, -0.05) is 54.6 Å². The second-order valence-electron chi connectivity index (χ2n) is 7.89. The predicted octanol–water partition coefficient (Wildman–Crippen LogP) is -2.39. The number of nitrogens with one attached hydrogen (secondary N) is 1. The summed E-state index contributed by atoms with van der Waals surface area (Å²) in [5, 5.41) is 3.15. The third kappa shape index (κ3) is 8.09. The van der Waals surface area contributed by atoms with E-state index in [1.807, 2.05) is 0 Å². The molecular weight excluding hydrogens is 548 g/mol. The van der Waals surface area contributed by atoms with E-state index in [2.05, 4.69) is 5.32 Å². The Morgan fingerprint density at radius 1 is 0.737 bits per heavy atom. The van der Waals surface area contributed by atoms with Crippen molar-refractivity contribution in [1.82, 2.24) is 0 Å². The van der Waals surface area contributed by atoms with Crippen LogP contribution in [0, 0.1) is 0 Å². The van der Waals surface area contributed by atoms with E-state index in [0.717, 1.165) is 0 Å². The van der Waals surface area contributed by atoms with Gasteiger partial charge in [0.25, 0.3) is 0 Å². The Balaban J connectivity index is 0.00000253. The maximum absolute atomic E-state index is 12.0. The average molecular weight is 568 g/mol. The van der Waals surface area contributed by atoms with Crippen LogP contribution in [0.25, 0.3) is 5.57 Å². The second kappa shape index (κ2) is 13.5. The van der Waals surface area contributed by atoms with Crippen LogP contribution in [0.3, 0.4) is 0 Å². The molecule has 0 unspecified atom stereocenters. The van der Waals surface area contributed by atoms with E-state index in [1.165, 1.54) is 48.6 Å². The third-order valence-corrected chi connectivity index (χ3v) is 7.13. The first-order chi connectivity index (χ1) is 17.0. The molecule has 1 aliphatic carbocycles. The van der Waals surface area contributed by atoms with Gasteiger partial charge in [0.2, 0.25) is 0 Å². The summed E-state index contributed by atoms with van der Waals surface area (Å²) in [6, 6.07) is 18.5. The minimum Gasteiger partial charge on any atom is -0.744 e. The van der Waals surface area contributed by atoms with Gasteiger partial charge in [-0.2, -0.15) is 0 Å². The van der Waals surface area contributed by atoms with Crippen LogP contribution in [0.15, 0.2) is 112 Å². The van der Waals surface area contributed by atoms with E-state index in [0.29, 0.717) is 28.0 Å². The molecule has 0 saturated carbocycles. The molecule has 3 aromatic carbocycles. The van der Waals surface area contributed by atoms with E-state index >= 15 is 0 Å². The van der Waals surface area contributed by atoms with Crippen LogP contribution in [0.1, 0.15) is 16.7 Å². The van der Waals surface area contributed by atoms with Crippen LogP contribution in [0.4, 0.5) is 5.69 Å². The number of carbonyl (C=O) groups excluding carboxylic acids is 1. The van der Waals surface area contributed by atoms with Crippen LogP contribution < -0.4 is 64.4 Å². The zero-order valence-corrected chi connectivity index (χ0v) is 26.3. The fourth-order valence-corrected chi connectivity index (χ4v) is 5.02. The largest absolute Gasteiger partial charge is 1.00 e. The maximum Gasteiger partial charge on any atom is 1.00 e. The quantitative estimate of drug-likeness (QED) is 0.246. The fraction of sp³-hybridized carbons (Fsp3) is 0.0385. The number of ketones is 1. The summed E-state index contributed by atoms with van der Waals surface area (Å²) >= 11 is 0. The number of allylic oxidation sites excluding steroid dienone is 5. The van der Waals surface area contributed by atoms with Crippen LogP contribution in [-0.2, 0) is 31.6 Å². The molecule has 184 valence electrons. The van der Waals surface area contributed by atoms with Gasteiger partial charge < -0.3 is 14.4 Å². The zero-order chi connectivity index (χ0) is 25.9. The molecule has 0 saturated heterocycles. The van der Waals surface area contributed by atoms with Crippen molar-refractivity contribution in [2.24, 2.45) is 0 Å². The van der Waals surface area contributed by atoms with E-state index in [-0.39, 0.29) is 86.8 Å². The number of hydrogen-bond acceptors (Lipinski definition) is 8. The molecule has 1 aliphatic rings. The summed E-state index contributed by atoms with van der Waals surface area (Å²) in [6.45, 7) is 0.207. The normalized spacial score (nSPS) is 12.9. The molecule has 0 amide bonds. The van der Waals surface area contributed by atoms with Gasteiger partial charge in [-0.3, -0.25) is 4.79 Å². The average Bonchev–Trinajstić information content (AvgIpc) is 2.84. The molecule has 38 heavy (non-hydrogen) atoms. The molecule has 0 radical (unpaired) electrons. The Hall–Kier alpha value is -1.83. The molecule has 12 heteroatoms. The first-order valence-corrected chi connectivity index (χ1v) is 13.4. The third-order valence-electron chi connectivity index (χ3n) is 5.40. The maximum atomic E-state index is 12.0. The van der Waals surface area contributed by atoms with Crippen LogP contribution in [0.2, 0.25) is 0 Å². The molecule has 3 aromatic rings. The molecule has 1 N–H and O–H groups in total. The zero-order valence-electron chi connectivity index (χ0n) is 20.6. The van der Waals surface area contributed by atoms with E-state index in [9.17, 15) is 30.7 Å². The monoisotopic (exact) mass is 567 g/mol. The molecule has 0 heterocycles. The number of rotatable bonds is 7. The van der Waals surface area contributed by atoms with Gasteiger partial charge in [-0.15, -0.1) is 0 Å². The van der Waals surface area contributed by atoms with Gasteiger partial charge in [-0.05, 0) is 64.8 Å². The van der Waals surface area contributed by atoms with E-state index in [1.54, 1.807) is 48.6 Å². The number of benzene rings is 3. The smallest absolute Gasteiger partial charge is 0.744 e. The van der Waals surface area contributed by atoms with Crippen molar-refractivity contribution in [1.29, 1.82) is 0 Å². The van der Waals surface area contributed by atoms with Crippen molar-refractivity contribution in [3.63, 3.8) is 0 Å². The van der Waals surface area contributed by atoms with Gasteiger partial charge in [0.05, 0.1) is 9.79 Å². The summed E-state index contributed by atoms with van der Waals surface area (Å²) in [7, 11) is -9.38. The second-order valence-corrected chi connectivity index (χ2v) is 10.6. The molecule has 0 bridgehead atoms. The summed E-state index contributed by atoms with van der Waals surface area (Å²) in [5.41, 5.74) is 2.92. The number of hydrogen-bond donors (Lipinski definition) is 1. The van der Waals surface area contributed by atoms with Gasteiger partial charge in [0, 0.05) is 17.8 Å². The number of anilines is 1. The predicted molar refractivity (Wildman–Crippen MR) is 132 cm³/mol. The van der Waals surface area contributed by atoms with Crippen molar-refractivity contribution in [2.45, 2.75) is 16.3 Å². The van der Waals surface area contributed by atoms with Crippen LogP contribution >= 0.6 is 0 Å². The summed E-state index contributed by atoms with van der Waals surface area (Å²) < 4.78 is 69.9. The standard InChI is InChI=1S/C26H21NO7S2.2Na/c28-22-13-11-19(12-14-22)26(24-9-1-2-10-25(24)36(32,33)34)20-6-4-7-21(16-20)27-17-18-5-3-8-23(15-18)35(29,30)31;;/h1-16,27H,17H2,(H,29,30,31)(H,32,33,34);;/q;2*+1/p-2. The Morgan fingerprint density at radius 3 is 2.05 bits per heavy atom. The molecule has 4 rings (SSSR count). The number of carbonyl (C=O) groups is 1. The summed E-state index contributed by atoms with van der Waals surface area (Å²) in [5.74, 6) is -0.222. The molecular formula is C26H19NNa2O7S2. The van der Waals surface area contributed by atoms with Crippen LogP contribution in [-0.4, -0.2) is 31.7 Å². The molecule has 0 aromatic heterocycles. The Morgan fingerprint density at radius 2 is 1.39 bits per heavy atom. The van der Waals surface area contributed by atoms with Crippen molar-refractivity contribution in [2.75, 3.05) is 5.32 Å². The Labute approximate surface area is 265 Å². The molecule has 0 aliphatic heterocycles. The summed E-state index contributed by atoms with van der Waals surface area (Å²) in [4.78, 5) is 11.0. The minimum absolute atomic E-state index is 0. The van der Waals surface area contributed by atoms with Crippen molar-refractivity contribution < 1.29 is 89.9 Å². The van der Waals surface area contributed by atoms with Crippen molar-refractivity contribution >= 4 is 37.3 Å². The topological polar surface area (TPSA) is 144 Å². The minimum atomic E-state index is -4.80. The van der Waals surface area contributed by atoms with Gasteiger partial charge >= 0.3 is 59.1 Å².